The minimum absolute atomic E-state index is 0.0452. The summed E-state index contributed by atoms with van der Waals surface area (Å²) in [4.78, 5) is 53.6. The van der Waals surface area contributed by atoms with Crippen molar-refractivity contribution in [2.45, 2.75) is 50.2 Å². The van der Waals surface area contributed by atoms with Gasteiger partial charge >= 0.3 is 12.0 Å². The first-order valence-electron chi connectivity index (χ1n) is 10.5. The molecule has 0 bridgehead atoms. The second-order valence-corrected chi connectivity index (χ2v) is 7.58. The molecule has 2 rings (SSSR count). The standard InChI is InChI=1S/C21H30N6O5/c22-20(23)24-10-4-8-15(13-28)25-18(29)17-9-5-11-27(17)21(32)26-16(19(30)31)12-14-6-2-1-3-7-14/h1-3,6-7,13,15-17H,4-5,8-12H2,(H,25,29)(H,26,32)(H,30,31)(H4,22,23,24)/t15?,16-,17?/m1/s1. The summed E-state index contributed by atoms with van der Waals surface area (Å²) < 4.78 is 0. The Balaban J connectivity index is 1.94. The molecule has 1 aromatic carbocycles. The second-order valence-electron chi connectivity index (χ2n) is 7.58. The van der Waals surface area contributed by atoms with Crippen LogP contribution in [0.15, 0.2) is 35.3 Å². The number of benzene rings is 1. The van der Waals surface area contributed by atoms with Gasteiger partial charge in [-0.1, -0.05) is 30.3 Å². The van der Waals surface area contributed by atoms with E-state index in [-0.39, 0.29) is 12.4 Å². The summed E-state index contributed by atoms with van der Waals surface area (Å²) in [5, 5.41) is 14.7. The predicted molar refractivity (Wildman–Crippen MR) is 118 cm³/mol. The Morgan fingerprint density at radius 3 is 2.56 bits per heavy atom. The summed E-state index contributed by atoms with van der Waals surface area (Å²) in [7, 11) is 0. The molecule has 3 amide bonds. The number of hydrogen-bond donors (Lipinski definition) is 5. The van der Waals surface area contributed by atoms with Crippen molar-refractivity contribution < 1.29 is 24.3 Å². The zero-order valence-electron chi connectivity index (χ0n) is 17.8. The molecule has 3 atom stereocenters. The number of carboxylic acids is 1. The van der Waals surface area contributed by atoms with E-state index in [1.807, 2.05) is 6.07 Å². The fraction of sp³-hybridized carbons (Fsp3) is 0.476. The maximum Gasteiger partial charge on any atom is 0.326 e. The van der Waals surface area contributed by atoms with E-state index in [1.54, 1.807) is 24.3 Å². The summed E-state index contributed by atoms with van der Waals surface area (Å²) in [5.74, 6) is -1.66. The normalized spacial score (nSPS) is 17.1. The largest absolute Gasteiger partial charge is 0.480 e. The van der Waals surface area contributed by atoms with Crippen LogP contribution in [-0.4, -0.2) is 71.4 Å². The highest BCUT2D eigenvalue weighted by Gasteiger charge is 2.36. The van der Waals surface area contributed by atoms with Crippen LogP contribution < -0.4 is 22.1 Å². The summed E-state index contributed by atoms with van der Waals surface area (Å²) in [5.41, 5.74) is 11.3. The molecule has 174 valence electrons. The average Bonchev–Trinajstić information content (AvgIpc) is 3.26. The van der Waals surface area contributed by atoms with Gasteiger partial charge in [-0.25, -0.2) is 9.59 Å². The Kier molecular flexibility index (Phi) is 9.45. The van der Waals surface area contributed by atoms with Gasteiger partial charge in [0.15, 0.2) is 5.96 Å². The predicted octanol–water partition coefficient (Wildman–Crippen LogP) is -0.406. The van der Waals surface area contributed by atoms with E-state index in [0.717, 1.165) is 5.56 Å². The smallest absolute Gasteiger partial charge is 0.326 e. The minimum atomic E-state index is -1.16. The highest BCUT2D eigenvalue weighted by atomic mass is 16.4. The molecule has 7 N–H and O–H groups in total. The summed E-state index contributed by atoms with van der Waals surface area (Å²) in [6.07, 6.45) is 2.62. The molecule has 0 radical (unpaired) electrons. The van der Waals surface area contributed by atoms with Crippen LogP contribution in [0.1, 0.15) is 31.2 Å². The molecule has 1 fully saturated rings. The third-order valence-electron chi connectivity index (χ3n) is 5.15. The van der Waals surface area contributed by atoms with Crippen LogP contribution in [0.3, 0.4) is 0 Å². The SMILES string of the molecule is NC(N)=NCCCC(C=O)NC(=O)C1CCCN1C(=O)N[C@H](Cc1ccccc1)C(=O)O. The van der Waals surface area contributed by atoms with Gasteiger partial charge in [0.1, 0.15) is 18.4 Å². The van der Waals surface area contributed by atoms with Crippen molar-refractivity contribution in [3.63, 3.8) is 0 Å². The number of urea groups is 1. The van der Waals surface area contributed by atoms with Gasteiger partial charge in [0, 0.05) is 19.5 Å². The lowest BCUT2D eigenvalue weighted by molar-refractivity contribution is -0.139. The number of amides is 3. The van der Waals surface area contributed by atoms with Crippen LogP contribution in [-0.2, 0) is 20.8 Å². The molecule has 1 saturated heterocycles. The molecule has 1 aliphatic rings. The monoisotopic (exact) mass is 446 g/mol. The quantitative estimate of drug-likeness (QED) is 0.133. The lowest BCUT2D eigenvalue weighted by Crippen LogP contribution is -2.54. The Hall–Kier alpha value is -3.63. The Labute approximate surface area is 186 Å². The molecule has 0 saturated carbocycles. The van der Waals surface area contributed by atoms with Crippen LogP contribution in [0.2, 0.25) is 0 Å². The second kappa shape index (κ2) is 12.3. The molecule has 32 heavy (non-hydrogen) atoms. The molecule has 0 aromatic heterocycles. The van der Waals surface area contributed by atoms with E-state index < -0.39 is 36.0 Å². The topological polar surface area (TPSA) is 180 Å². The van der Waals surface area contributed by atoms with Crippen LogP contribution >= 0.6 is 0 Å². The van der Waals surface area contributed by atoms with Gasteiger partial charge in [0.25, 0.3) is 0 Å². The van der Waals surface area contributed by atoms with Crippen molar-refractivity contribution in [1.82, 2.24) is 15.5 Å². The Morgan fingerprint density at radius 2 is 1.94 bits per heavy atom. The van der Waals surface area contributed by atoms with Gasteiger partial charge in [-0.05, 0) is 31.2 Å². The number of nitrogens with one attached hydrogen (secondary N) is 2. The lowest BCUT2D eigenvalue weighted by atomic mass is 10.1. The molecule has 0 aliphatic carbocycles. The van der Waals surface area contributed by atoms with Gasteiger partial charge in [-0.15, -0.1) is 0 Å². The van der Waals surface area contributed by atoms with Crippen molar-refractivity contribution in [3.05, 3.63) is 35.9 Å². The molecule has 2 unspecified atom stereocenters. The first-order valence-corrected chi connectivity index (χ1v) is 10.5. The van der Waals surface area contributed by atoms with Crippen LogP contribution in [0.25, 0.3) is 0 Å². The first-order chi connectivity index (χ1) is 15.3. The summed E-state index contributed by atoms with van der Waals surface area (Å²) >= 11 is 0. The molecular formula is C21H30N6O5. The van der Waals surface area contributed by atoms with Crippen LogP contribution in [0.4, 0.5) is 4.79 Å². The third-order valence-corrected chi connectivity index (χ3v) is 5.15. The molecule has 11 nitrogen and oxygen atoms in total. The zero-order valence-corrected chi connectivity index (χ0v) is 17.8. The lowest BCUT2D eigenvalue weighted by Gasteiger charge is -2.27. The van der Waals surface area contributed by atoms with Gasteiger partial charge in [-0.2, -0.15) is 0 Å². The van der Waals surface area contributed by atoms with Crippen molar-refractivity contribution >= 4 is 30.2 Å². The number of carbonyl (C=O) groups is 4. The molecule has 11 heteroatoms. The minimum Gasteiger partial charge on any atom is -0.480 e. The van der Waals surface area contributed by atoms with Crippen molar-refractivity contribution in [2.24, 2.45) is 16.5 Å². The highest BCUT2D eigenvalue weighted by Crippen LogP contribution is 2.18. The molecule has 1 aliphatic heterocycles. The number of carbonyl (C=O) groups excluding carboxylic acids is 3. The first kappa shape index (κ1) is 24.6. The molecular weight excluding hydrogens is 416 g/mol. The van der Waals surface area contributed by atoms with Gasteiger partial charge in [0.05, 0.1) is 6.04 Å². The number of hydrogen-bond acceptors (Lipinski definition) is 5. The van der Waals surface area contributed by atoms with E-state index in [1.165, 1.54) is 4.90 Å². The van der Waals surface area contributed by atoms with Crippen molar-refractivity contribution in [1.29, 1.82) is 0 Å². The average molecular weight is 447 g/mol. The van der Waals surface area contributed by atoms with E-state index in [0.29, 0.717) is 45.1 Å². The maximum atomic E-state index is 12.8. The zero-order chi connectivity index (χ0) is 23.5. The summed E-state index contributed by atoms with van der Waals surface area (Å²) in [6, 6.07) is 5.69. The Morgan fingerprint density at radius 1 is 1.22 bits per heavy atom. The third kappa shape index (κ3) is 7.56. The number of aldehydes is 1. The fourth-order valence-corrected chi connectivity index (χ4v) is 3.54. The fourth-order valence-electron chi connectivity index (χ4n) is 3.54. The van der Waals surface area contributed by atoms with Crippen molar-refractivity contribution in [3.8, 4) is 0 Å². The van der Waals surface area contributed by atoms with Gasteiger partial charge in [-0.3, -0.25) is 9.79 Å². The van der Waals surface area contributed by atoms with Gasteiger partial charge in [0.2, 0.25) is 5.91 Å². The van der Waals surface area contributed by atoms with E-state index in [4.69, 9.17) is 11.5 Å². The van der Waals surface area contributed by atoms with Crippen molar-refractivity contribution in [2.75, 3.05) is 13.1 Å². The number of rotatable bonds is 11. The van der Waals surface area contributed by atoms with E-state index in [2.05, 4.69) is 15.6 Å². The van der Waals surface area contributed by atoms with E-state index >= 15 is 0 Å². The van der Waals surface area contributed by atoms with Crippen LogP contribution in [0, 0.1) is 0 Å². The number of nitrogens with two attached hydrogens (primary N) is 2. The molecule has 0 spiro atoms. The number of nitrogens with zero attached hydrogens (tertiary/aromatic N) is 2. The Bertz CT molecular complexity index is 827. The van der Waals surface area contributed by atoms with E-state index in [9.17, 15) is 24.3 Å². The number of carboxylic acid groups (broad SMARTS) is 1. The molecule has 1 aromatic rings. The van der Waals surface area contributed by atoms with Gasteiger partial charge < -0.3 is 36.9 Å². The molecule has 1 heterocycles. The van der Waals surface area contributed by atoms with Crippen LogP contribution in [0.5, 0.6) is 0 Å². The maximum absolute atomic E-state index is 12.8. The number of aliphatic carboxylic acids is 1. The number of aliphatic imine (C=N–C) groups is 1. The summed E-state index contributed by atoms with van der Waals surface area (Å²) in [6.45, 7) is 0.649. The highest BCUT2D eigenvalue weighted by molar-refractivity contribution is 5.90. The number of likely N-dealkylation sites (tertiary alicyclic amines) is 1. The number of guanidine groups is 1.